The Hall–Kier alpha value is -2.77. The summed E-state index contributed by atoms with van der Waals surface area (Å²) in [5.41, 5.74) is 1.99. The van der Waals surface area contributed by atoms with Gasteiger partial charge in [-0.2, -0.15) is 0 Å². The highest BCUT2D eigenvalue weighted by molar-refractivity contribution is 5.97. The van der Waals surface area contributed by atoms with Gasteiger partial charge in [0.2, 0.25) is 0 Å². The molecule has 0 bridgehead atoms. The predicted molar refractivity (Wildman–Crippen MR) is 101 cm³/mol. The Morgan fingerprint density at radius 1 is 1.00 bits per heavy atom. The van der Waals surface area contributed by atoms with Crippen molar-refractivity contribution in [3.8, 4) is 0 Å². The molecule has 2 N–H and O–H groups in total. The van der Waals surface area contributed by atoms with Gasteiger partial charge in [-0.1, -0.05) is 6.07 Å². The summed E-state index contributed by atoms with van der Waals surface area (Å²) in [4.78, 5) is 30.7. The first-order valence-electron chi connectivity index (χ1n) is 9.08. The van der Waals surface area contributed by atoms with E-state index in [0.717, 1.165) is 38.4 Å². The summed E-state index contributed by atoms with van der Waals surface area (Å²) >= 11 is 0. The highest BCUT2D eigenvalue weighted by Crippen LogP contribution is 2.05. The predicted octanol–water partition coefficient (Wildman–Crippen LogP) is 1.07. The second-order valence-electron chi connectivity index (χ2n) is 6.33. The number of pyridine rings is 1. The Kier molecular flexibility index (Phi) is 6.90. The summed E-state index contributed by atoms with van der Waals surface area (Å²) in [6, 6.07) is 10.4. The van der Waals surface area contributed by atoms with Crippen LogP contribution >= 0.6 is 0 Å². The second-order valence-corrected chi connectivity index (χ2v) is 6.33. The molecule has 3 rings (SSSR count). The zero-order valence-electron chi connectivity index (χ0n) is 15.2. The normalized spacial score (nSPS) is 14.5. The average Bonchev–Trinajstić information content (AvgIpc) is 2.73. The Morgan fingerprint density at radius 3 is 2.30 bits per heavy atom. The highest BCUT2D eigenvalue weighted by Gasteiger charge is 2.12. The molecule has 2 amide bonds. The largest absolute Gasteiger partial charge is 0.379 e. The molecule has 1 saturated heterocycles. The number of rotatable bonds is 7. The van der Waals surface area contributed by atoms with Crippen molar-refractivity contribution in [1.29, 1.82) is 0 Å². The molecule has 1 aromatic carbocycles. The molecule has 1 fully saturated rings. The maximum Gasteiger partial charge on any atom is 0.251 e. The number of amides is 2. The molecule has 0 spiro atoms. The van der Waals surface area contributed by atoms with Crippen molar-refractivity contribution >= 4 is 11.8 Å². The van der Waals surface area contributed by atoms with Crippen molar-refractivity contribution in [2.45, 2.75) is 6.54 Å². The minimum absolute atomic E-state index is 0.134. The molecule has 27 heavy (non-hydrogen) atoms. The monoisotopic (exact) mass is 368 g/mol. The van der Waals surface area contributed by atoms with Crippen molar-refractivity contribution in [2.24, 2.45) is 0 Å². The van der Waals surface area contributed by atoms with Gasteiger partial charge in [-0.3, -0.25) is 19.5 Å². The lowest BCUT2D eigenvalue weighted by molar-refractivity contribution is 0.0383. The lowest BCUT2D eigenvalue weighted by atomic mass is 10.1. The first-order valence-corrected chi connectivity index (χ1v) is 9.08. The van der Waals surface area contributed by atoms with E-state index < -0.39 is 0 Å². The van der Waals surface area contributed by atoms with Crippen LogP contribution in [0, 0.1) is 0 Å². The molecule has 0 unspecified atom stereocenters. The summed E-state index contributed by atoms with van der Waals surface area (Å²) in [6.45, 7) is 5.11. The quantitative estimate of drug-likeness (QED) is 0.764. The lowest BCUT2D eigenvalue weighted by Gasteiger charge is -2.26. The SMILES string of the molecule is O=C(NCCN1CCOCC1)c1ccc(C(=O)NCc2cccnc2)cc1. The van der Waals surface area contributed by atoms with Gasteiger partial charge >= 0.3 is 0 Å². The Morgan fingerprint density at radius 2 is 1.67 bits per heavy atom. The lowest BCUT2D eigenvalue weighted by Crippen LogP contribution is -2.41. The molecule has 142 valence electrons. The van der Waals surface area contributed by atoms with Crippen molar-refractivity contribution < 1.29 is 14.3 Å². The number of carbonyl (C=O) groups excluding carboxylic acids is 2. The molecule has 0 saturated carbocycles. The Balaban J connectivity index is 1.44. The van der Waals surface area contributed by atoms with Gasteiger partial charge in [0.25, 0.3) is 11.8 Å². The van der Waals surface area contributed by atoms with Crippen LogP contribution in [0.25, 0.3) is 0 Å². The first-order chi connectivity index (χ1) is 13.2. The molecule has 1 aliphatic heterocycles. The van der Waals surface area contributed by atoms with E-state index in [1.165, 1.54) is 0 Å². The van der Waals surface area contributed by atoms with Crippen LogP contribution in [0.15, 0.2) is 48.8 Å². The van der Waals surface area contributed by atoms with Gasteiger partial charge in [-0.25, -0.2) is 0 Å². The van der Waals surface area contributed by atoms with Crippen molar-refractivity contribution in [3.63, 3.8) is 0 Å². The zero-order chi connectivity index (χ0) is 18.9. The highest BCUT2D eigenvalue weighted by atomic mass is 16.5. The number of ether oxygens (including phenoxy) is 1. The molecular formula is C20H24N4O3. The molecule has 2 heterocycles. The maximum atomic E-state index is 12.2. The van der Waals surface area contributed by atoms with Gasteiger partial charge in [-0.05, 0) is 35.9 Å². The summed E-state index contributed by atoms with van der Waals surface area (Å²) in [5.74, 6) is -0.316. The van der Waals surface area contributed by atoms with E-state index in [4.69, 9.17) is 4.74 Å². The summed E-state index contributed by atoms with van der Waals surface area (Å²) in [6.07, 6.45) is 3.40. The van der Waals surface area contributed by atoms with E-state index in [-0.39, 0.29) is 11.8 Å². The summed E-state index contributed by atoms with van der Waals surface area (Å²) in [5, 5.41) is 5.75. The van der Waals surface area contributed by atoms with E-state index in [2.05, 4.69) is 20.5 Å². The van der Waals surface area contributed by atoms with E-state index in [9.17, 15) is 9.59 Å². The van der Waals surface area contributed by atoms with E-state index in [1.54, 1.807) is 36.7 Å². The molecule has 7 nitrogen and oxygen atoms in total. The number of hydrogen-bond donors (Lipinski definition) is 2. The van der Waals surface area contributed by atoms with Crippen LogP contribution in [0.4, 0.5) is 0 Å². The zero-order valence-corrected chi connectivity index (χ0v) is 15.2. The molecular weight excluding hydrogens is 344 g/mol. The third kappa shape index (κ3) is 5.87. The third-order valence-corrected chi connectivity index (χ3v) is 4.40. The van der Waals surface area contributed by atoms with Crippen molar-refractivity contribution in [3.05, 3.63) is 65.5 Å². The van der Waals surface area contributed by atoms with Crippen LogP contribution in [-0.2, 0) is 11.3 Å². The fourth-order valence-electron chi connectivity index (χ4n) is 2.81. The van der Waals surface area contributed by atoms with Crippen molar-refractivity contribution in [2.75, 3.05) is 39.4 Å². The smallest absolute Gasteiger partial charge is 0.251 e. The van der Waals surface area contributed by atoms with E-state index in [0.29, 0.717) is 24.2 Å². The standard InChI is InChI=1S/C20H24N4O3/c25-19(22-8-9-24-10-12-27-13-11-24)17-3-5-18(6-4-17)20(26)23-15-16-2-1-7-21-14-16/h1-7,14H,8-13,15H2,(H,22,25)(H,23,26). The fraction of sp³-hybridized carbons (Fsp3) is 0.350. The van der Waals surface area contributed by atoms with E-state index in [1.807, 2.05) is 12.1 Å². The molecule has 0 radical (unpaired) electrons. The average molecular weight is 368 g/mol. The number of carbonyl (C=O) groups is 2. The van der Waals surface area contributed by atoms with Gasteiger partial charge in [0.15, 0.2) is 0 Å². The number of aromatic nitrogens is 1. The fourth-order valence-corrected chi connectivity index (χ4v) is 2.81. The topological polar surface area (TPSA) is 83.6 Å². The van der Waals surface area contributed by atoms with Gasteiger partial charge < -0.3 is 15.4 Å². The molecule has 2 aromatic rings. The summed E-state index contributed by atoms with van der Waals surface area (Å²) < 4.78 is 5.30. The van der Waals surface area contributed by atoms with E-state index >= 15 is 0 Å². The molecule has 7 heteroatoms. The number of benzene rings is 1. The summed E-state index contributed by atoms with van der Waals surface area (Å²) in [7, 11) is 0. The molecule has 0 atom stereocenters. The molecule has 1 aliphatic rings. The number of nitrogens with zero attached hydrogens (tertiary/aromatic N) is 2. The first kappa shape index (κ1) is 19.0. The number of nitrogens with one attached hydrogen (secondary N) is 2. The Bertz CT molecular complexity index is 744. The molecule has 0 aliphatic carbocycles. The van der Waals surface area contributed by atoms with Crippen LogP contribution in [-0.4, -0.2) is 61.1 Å². The van der Waals surface area contributed by atoms with Crippen molar-refractivity contribution in [1.82, 2.24) is 20.5 Å². The van der Waals surface area contributed by atoms with Gasteiger partial charge in [0.05, 0.1) is 13.2 Å². The van der Waals surface area contributed by atoms with Crippen LogP contribution < -0.4 is 10.6 Å². The molecule has 1 aromatic heterocycles. The van der Waals surface area contributed by atoms with Crippen LogP contribution in [0.5, 0.6) is 0 Å². The third-order valence-electron chi connectivity index (χ3n) is 4.40. The second kappa shape index (κ2) is 9.80. The number of morpholine rings is 1. The van der Waals surface area contributed by atoms with Gasteiger partial charge in [0.1, 0.15) is 0 Å². The number of hydrogen-bond acceptors (Lipinski definition) is 5. The van der Waals surface area contributed by atoms with Gasteiger partial charge in [-0.15, -0.1) is 0 Å². The minimum Gasteiger partial charge on any atom is -0.379 e. The van der Waals surface area contributed by atoms with Crippen LogP contribution in [0.2, 0.25) is 0 Å². The maximum absolute atomic E-state index is 12.2. The Labute approximate surface area is 158 Å². The minimum atomic E-state index is -0.182. The van der Waals surface area contributed by atoms with Crippen LogP contribution in [0.3, 0.4) is 0 Å². The van der Waals surface area contributed by atoms with Gasteiger partial charge in [0, 0.05) is 56.2 Å². The van der Waals surface area contributed by atoms with Crippen LogP contribution in [0.1, 0.15) is 26.3 Å².